The first-order chi connectivity index (χ1) is 21.7. The van der Waals surface area contributed by atoms with Gasteiger partial charge in [-0.2, -0.15) is 0 Å². The number of nitrogens with zero attached hydrogens (tertiary/aromatic N) is 1. The summed E-state index contributed by atoms with van der Waals surface area (Å²) in [4.78, 5) is 57.1. The van der Waals surface area contributed by atoms with Crippen molar-refractivity contribution in [2.24, 2.45) is 17.8 Å². The number of aliphatic hydroxyl groups is 1. The molecule has 1 aliphatic carbocycles. The summed E-state index contributed by atoms with van der Waals surface area (Å²) in [5.41, 5.74) is 0.130. The summed E-state index contributed by atoms with van der Waals surface area (Å²) in [6, 6.07) is 3.14. The van der Waals surface area contributed by atoms with Gasteiger partial charge in [0, 0.05) is 24.9 Å². The number of hydrogen-bond acceptors (Lipinski definition) is 7. The summed E-state index contributed by atoms with van der Waals surface area (Å²) in [6.45, 7) is 13.4. The zero-order chi connectivity index (χ0) is 34.3. The molecule has 1 fully saturated rings. The zero-order valence-corrected chi connectivity index (χ0v) is 29.1. The average molecular weight is 646 g/mol. The van der Waals surface area contributed by atoms with Crippen LogP contribution in [-0.4, -0.2) is 70.3 Å². The highest BCUT2D eigenvalue weighted by Gasteiger charge is 2.34. The number of rotatable bonds is 17. The van der Waals surface area contributed by atoms with Crippen LogP contribution in [0.3, 0.4) is 0 Å². The summed E-state index contributed by atoms with van der Waals surface area (Å²) in [7, 11) is 0. The number of aliphatic hydroxyl groups excluding tert-OH is 1. The van der Waals surface area contributed by atoms with E-state index >= 15 is 0 Å². The number of carbonyl (C=O) groups is 4. The molecular weight excluding hydrogens is 586 g/mol. The fourth-order valence-electron chi connectivity index (χ4n) is 5.77. The van der Waals surface area contributed by atoms with Gasteiger partial charge in [0.25, 0.3) is 0 Å². The van der Waals surface area contributed by atoms with E-state index in [1.165, 1.54) is 6.42 Å². The highest BCUT2D eigenvalue weighted by molar-refractivity contribution is 5.91. The van der Waals surface area contributed by atoms with Crippen molar-refractivity contribution >= 4 is 23.8 Å². The second kappa shape index (κ2) is 19.5. The molecule has 5 atom stereocenters. The van der Waals surface area contributed by atoms with Crippen molar-refractivity contribution in [3.8, 4) is 0 Å². The fourth-order valence-corrected chi connectivity index (χ4v) is 5.77. The van der Waals surface area contributed by atoms with Gasteiger partial charge in [0.05, 0.1) is 18.6 Å². The minimum atomic E-state index is -1.12. The number of aromatic nitrogens is 1. The Morgan fingerprint density at radius 3 is 2.28 bits per heavy atom. The van der Waals surface area contributed by atoms with Gasteiger partial charge in [-0.3, -0.25) is 19.4 Å². The van der Waals surface area contributed by atoms with Gasteiger partial charge in [0.1, 0.15) is 17.7 Å². The van der Waals surface area contributed by atoms with Gasteiger partial charge in [-0.25, -0.2) is 4.79 Å². The van der Waals surface area contributed by atoms with Crippen molar-refractivity contribution in [1.29, 1.82) is 0 Å². The van der Waals surface area contributed by atoms with Crippen LogP contribution in [-0.2, 0) is 25.5 Å². The van der Waals surface area contributed by atoms with Crippen LogP contribution in [0.25, 0.3) is 0 Å². The fraction of sp³-hybridized carbons (Fsp3) is 0.743. The lowest BCUT2D eigenvalue weighted by Crippen LogP contribution is -2.58. The summed E-state index contributed by atoms with van der Waals surface area (Å²) >= 11 is 0. The molecule has 2 rings (SSSR count). The largest absolute Gasteiger partial charge is 0.444 e. The van der Waals surface area contributed by atoms with Gasteiger partial charge in [-0.15, -0.1) is 0 Å². The number of alkyl carbamates (subject to hydrolysis) is 1. The van der Waals surface area contributed by atoms with E-state index in [9.17, 15) is 24.3 Å². The Morgan fingerprint density at radius 2 is 1.70 bits per heavy atom. The highest BCUT2D eigenvalue weighted by Crippen LogP contribution is 2.28. The third kappa shape index (κ3) is 14.9. The van der Waals surface area contributed by atoms with E-state index in [1.807, 2.05) is 45.9 Å². The smallest absolute Gasteiger partial charge is 0.408 e. The zero-order valence-electron chi connectivity index (χ0n) is 29.1. The van der Waals surface area contributed by atoms with Gasteiger partial charge < -0.3 is 31.1 Å². The van der Waals surface area contributed by atoms with Crippen LogP contribution in [0.1, 0.15) is 112 Å². The van der Waals surface area contributed by atoms with Crippen molar-refractivity contribution in [3.63, 3.8) is 0 Å². The van der Waals surface area contributed by atoms with Crippen LogP contribution in [0.5, 0.6) is 0 Å². The second-order valence-electron chi connectivity index (χ2n) is 14.2. The van der Waals surface area contributed by atoms with E-state index in [0.29, 0.717) is 32.2 Å². The highest BCUT2D eigenvalue weighted by atomic mass is 16.6. The first-order valence-corrected chi connectivity index (χ1v) is 17.1. The molecule has 46 heavy (non-hydrogen) atoms. The minimum Gasteiger partial charge on any atom is -0.444 e. The van der Waals surface area contributed by atoms with Crippen LogP contribution in [0.4, 0.5) is 4.79 Å². The molecule has 0 saturated heterocycles. The lowest BCUT2D eigenvalue weighted by Gasteiger charge is -2.32. The predicted molar refractivity (Wildman–Crippen MR) is 179 cm³/mol. The van der Waals surface area contributed by atoms with Gasteiger partial charge in [-0.1, -0.05) is 72.3 Å². The molecule has 11 nitrogen and oxygen atoms in total. The van der Waals surface area contributed by atoms with E-state index in [1.54, 1.807) is 27.0 Å². The van der Waals surface area contributed by atoms with E-state index in [0.717, 1.165) is 31.4 Å². The van der Waals surface area contributed by atoms with E-state index < -0.39 is 47.7 Å². The molecule has 5 N–H and O–H groups in total. The van der Waals surface area contributed by atoms with Gasteiger partial charge in [0.2, 0.25) is 17.7 Å². The number of pyridine rings is 1. The molecule has 0 spiro atoms. The molecule has 1 unspecified atom stereocenters. The third-order valence-electron chi connectivity index (χ3n) is 8.44. The van der Waals surface area contributed by atoms with Crippen LogP contribution in [0, 0.1) is 17.8 Å². The lowest BCUT2D eigenvalue weighted by molar-refractivity contribution is -0.132. The minimum absolute atomic E-state index is 0.127. The monoisotopic (exact) mass is 645 g/mol. The van der Waals surface area contributed by atoms with Crippen LogP contribution in [0.2, 0.25) is 0 Å². The first kappa shape index (κ1) is 39.0. The molecule has 0 aliphatic heterocycles. The van der Waals surface area contributed by atoms with E-state index in [-0.39, 0.29) is 30.1 Å². The molecule has 1 aliphatic rings. The Morgan fingerprint density at radius 1 is 1.00 bits per heavy atom. The quantitative estimate of drug-likeness (QED) is 0.168. The number of hydrogen-bond donors (Lipinski definition) is 5. The standard InChI is InChI=1S/C35H59N5O6/c1-8-24(4)31(40-32(43)28(21-25-14-10-9-11-15-25)39-34(45)46-35(5,6)7)33(44)38-27(20-23(2)3)29(41)22-30(42)37-19-17-26-16-12-13-18-36-26/h12-13,16,18,23-25,27-29,31,41H,8-11,14-15,17,19-22H2,1-7H3,(H,37,42)(H,38,44)(H,39,45)(H,40,43)/t24?,27-,28-,29-,31-/m0/s1. The van der Waals surface area contributed by atoms with Crippen LogP contribution >= 0.6 is 0 Å². The third-order valence-corrected chi connectivity index (χ3v) is 8.44. The molecular formula is C35H59N5O6. The topological polar surface area (TPSA) is 159 Å². The van der Waals surface area contributed by atoms with Gasteiger partial charge >= 0.3 is 6.09 Å². The first-order valence-electron chi connectivity index (χ1n) is 17.1. The maximum absolute atomic E-state index is 13.8. The van der Waals surface area contributed by atoms with Crippen molar-refractivity contribution in [2.45, 2.75) is 143 Å². The Labute approximate surface area is 275 Å². The molecule has 260 valence electrons. The molecule has 1 saturated carbocycles. The van der Waals surface area contributed by atoms with Crippen LogP contribution < -0.4 is 21.3 Å². The normalized spacial score (nSPS) is 17.2. The second-order valence-corrected chi connectivity index (χ2v) is 14.2. The maximum Gasteiger partial charge on any atom is 0.408 e. The maximum atomic E-state index is 13.8. The number of ether oxygens (including phenoxy) is 1. The van der Waals surface area contributed by atoms with Crippen LogP contribution in [0.15, 0.2) is 24.4 Å². The molecule has 1 heterocycles. The Kier molecular flexibility index (Phi) is 16.5. The molecule has 11 heteroatoms. The van der Waals surface area contributed by atoms with Gasteiger partial charge in [0.15, 0.2) is 0 Å². The lowest BCUT2D eigenvalue weighted by atomic mass is 9.84. The molecule has 0 bridgehead atoms. The average Bonchev–Trinajstić information content (AvgIpc) is 2.98. The summed E-state index contributed by atoms with van der Waals surface area (Å²) in [5, 5.41) is 22.5. The van der Waals surface area contributed by atoms with Crippen molar-refractivity contribution in [1.82, 2.24) is 26.3 Å². The molecule has 0 aromatic carbocycles. The van der Waals surface area contributed by atoms with Crippen molar-refractivity contribution in [3.05, 3.63) is 30.1 Å². The summed E-state index contributed by atoms with van der Waals surface area (Å²) < 4.78 is 5.45. The molecule has 1 aromatic heterocycles. The Bertz CT molecular complexity index is 1090. The van der Waals surface area contributed by atoms with Gasteiger partial charge in [-0.05, 0) is 63.5 Å². The number of carbonyl (C=O) groups excluding carboxylic acids is 4. The number of amides is 4. The Hall–Kier alpha value is -3.21. The predicted octanol–water partition coefficient (Wildman–Crippen LogP) is 4.42. The molecule has 4 amide bonds. The number of nitrogens with one attached hydrogen (secondary N) is 4. The van der Waals surface area contributed by atoms with E-state index in [2.05, 4.69) is 26.3 Å². The summed E-state index contributed by atoms with van der Waals surface area (Å²) in [5.74, 6) is -1.01. The Balaban J connectivity index is 2.11. The van der Waals surface area contributed by atoms with Crippen molar-refractivity contribution in [2.75, 3.05) is 6.54 Å². The van der Waals surface area contributed by atoms with Crippen molar-refractivity contribution < 1.29 is 29.0 Å². The SMILES string of the molecule is CCC(C)[C@H](NC(=O)[C@H](CC1CCCCC1)NC(=O)OC(C)(C)C)C(=O)N[C@@H](CC(C)C)[C@@H](O)CC(=O)NCCc1ccccn1. The molecule has 1 aromatic rings. The molecule has 0 radical (unpaired) electrons. The van der Waals surface area contributed by atoms with E-state index in [4.69, 9.17) is 4.74 Å². The summed E-state index contributed by atoms with van der Waals surface area (Å²) in [6.07, 6.45) is 7.12.